The molecule has 2 aromatic carbocycles. The van der Waals surface area contributed by atoms with E-state index in [0.717, 1.165) is 16.9 Å². The average Bonchev–Trinajstić information content (AvgIpc) is 2.78. The monoisotopic (exact) mass is 394 g/mol. The molecule has 0 unspecified atom stereocenters. The molecule has 0 amide bonds. The van der Waals surface area contributed by atoms with Gasteiger partial charge in [0, 0.05) is 14.5 Å². The Bertz CT molecular complexity index is 772. The number of fused-ring (bicyclic) bond motifs is 1. The molecule has 0 N–H and O–H groups in total. The first kappa shape index (κ1) is 14.0. The van der Waals surface area contributed by atoms with Crippen LogP contribution >= 0.6 is 34.4 Å². The van der Waals surface area contributed by atoms with Crippen LogP contribution in [-0.2, 0) is 0 Å². The number of benzene rings is 2. The highest BCUT2D eigenvalue weighted by atomic mass is 127. The Morgan fingerprint density at radius 2 is 1.75 bits per heavy atom. The Balaban J connectivity index is 2.30. The van der Waals surface area contributed by atoms with Crippen LogP contribution in [0.15, 0.2) is 45.7 Å². The van der Waals surface area contributed by atoms with Gasteiger partial charge in [0.05, 0.1) is 4.90 Å². The molecule has 0 aliphatic rings. The van der Waals surface area contributed by atoms with Crippen molar-refractivity contribution in [2.45, 2.75) is 18.7 Å². The van der Waals surface area contributed by atoms with E-state index in [2.05, 4.69) is 79.1 Å². The second kappa shape index (κ2) is 5.45. The highest BCUT2D eigenvalue weighted by Crippen LogP contribution is 2.40. The van der Waals surface area contributed by atoms with Crippen molar-refractivity contribution in [3.8, 4) is 11.3 Å². The average molecular weight is 394 g/mol. The van der Waals surface area contributed by atoms with E-state index >= 15 is 0 Å². The van der Waals surface area contributed by atoms with Crippen LogP contribution in [0.3, 0.4) is 0 Å². The molecule has 1 heterocycles. The summed E-state index contributed by atoms with van der Waals surface area (Å²) in [6, 6.07) is 12.9. The van der Waals surface area contributed by atoms with Crippen LogP contribution < -0.4 is 0 Å². The van der Waals surface area contributed by atoms with E-state index in [1.165, 1.54) is 25.0 Å². The summed E-state index contributed by atoms with van der Waals surface area (Å²) in [5.41, 5.74) is 4.63. The van der Waals surface area contributed by atoms with Crippen LogP contribution in [0, 0.1) is 17.4 Å². The van der Waals surface area contributed by atoms with Crippen molar-refractivity contribution in [3.05, 3.63) is 51.1 Å². The molecule has 0 fully saturated rings. The minimum atomic E-state index is 0.984. The molecule has 20 heavy (non-hydrogen) atoms. The van der Waals surface area contributed by atoms with Gasteiger partial charge < -0.3 is 4.42 Å². The first-order valence-electron chi connectivity index (χ1n) is 6.44. The molecule has 3 aromatic rings. The van der Waals surface area contributed by atoms with E-state index in [4.69, 9.17) is 4.42 Å². The van der Waals surface area contributed by atoms with Gasteiger partial charge in [0.1, 0.15) is 11.3 Å². The van der Waals surface area contributed by atoms with Gasteiger partial charge in [-0.1, -0.05) is 18.2 Å². The molecule has 1 nitrogen and oxygen atoms in total. The first-order valence-corrected chi connectivity index (χ1v) is 8.74. The summed E-state index contributed by atoms with van der Waals surface area (Å²) in [4.78, 5) is 1.23. The Morgan fingerprint density at radius 1 is 1.05 bits per heavy atom. The molecular weight excluding hydrogens is 379 g/mol. The molecule has 0 saturated carbocycles. The van der Waals surface area contributed by atoms with Crippen LogP contribution in [0.2, 0.25) is 0 Å². The van der Waals surface area contributed by atoms with Crippen molar-refractivity contribution in [1.82, 2.24) is 0 Å². The first-order chi connectivity index (χ1) is 9.60. The van der Waals surface area contributed by atoms with Crippen LogP contribution in [-0.4, -0.2) is 6.26 Å². The lowest BCUT2D eigenvalue weighted by molar-refractivity contribution is 0.622. The fourth-order valence-electron chi connectivity index (χ4n) is 2.52. The number of hydrogen-bond donors (Lipinski definition) is 0. The topological polar surface area (TPSA) is 13.1 Å². The van der Waals surface area contributed by atoms with E-state index in [1.54, 1.807) is 11.8 Å². The van der Waals surface area contributed by atoms with Gasteiger partial charge in [-0.15, -0.1) is 11.8 Å². The van der Waals surface area contributed by atoms with Crippen molar-refractivity contribution in [2.24, 2.45) is 0 Å². The van der Waals surface area contributed by atoms with E-state index in [9.17, 15) is 0 Å². The highest BCUT2D eigenvalue weighted by molar-refractivity contribution is 14.1. The standard InChI is InChI=1S/C17H15IOS/c1-10-8-11(2)15-14(9-10)17(20-3)16(19-15)12-4-6-13(18)7-5-12/h4-9H,1-3H3. The maximum absolute atomic E-state index is 6.18. The molecule has 3 rings (SSSR count). The molecule has 0 aliphatic heterocycles. The third-order valence-electron chi connectivity index (χ3n) is 3.38. The minimum absolute atomic E-state index is 0.984. The zero-order chi connectivity index (χ0) is 14.3. The van der Waals surface area contributed by atoms with Crippen molar-refractivity contribution < 1.29 is 4.42 Å². The summed E-state index contributed by atoms with van der Waals surface area (Å²) < 4.78 is 7.41. The van der Waals surface area contributed by atoms with E-state index in [1.807, 2.05) is 0 Å². The maximum atomic E-state index is 6.18. The number of furan rings is 1. The van der Waals surface area contributed by atoms with E-state index in [0.29, 0.717) is 0 Å². The smallest absolute Gasteiger partial charge is 0.148 e. The quantitative estimate of drug-likeness (QED) is 0.388. The van der Waals surface area contributed by atoms with Gasteiger partial charge >= 0.3 is 0 Å². The Hall–Kier alpha value is -0.940. The van der Waals surface area contributed by atoms with Gasteiger partial charge in [-0.25, -0.2) is 0 Å². The summed E-state index contributed by atoms with van der Waals surface area (Å²) in [6.07, 6.45) is 2.11. The van der Waals surface area contributed by atoms with Gasteiger partial charge in [0.2, 0.25) is 0 Å². The highest BCUT2D eigenvalue weighted by Gasteiger charge is 2.16. The van der Waals surface area contributed by atoms with Gasteiger partial charge in [-0.3, -0.25) is 0 Å². The molecule has 0 saturated heterocycles. The molecule has 102 valence electrons. The van der Waals surface area contributed by atoms with Crippen molar-refractivity contribution in [1.29, 1.82) is 0 Å². The SMILES string of the molecule is CSc1c(-c2ccc(I)cc2)oc2c(C)cc(C)cc12. The van der Waals surface area contributed by atoms with Crippen LogP contribution in [0.1, 0.15) is 11.1 Å². The molecule has 0 bridgehead atoms. The lowest BCUT2D eigenvalue weighted by atomic mass is 10.1. The van der Waals surface area contributed by atoms with Crippen LogP contribution in [0.25, 0.3) is 22.3 Å². The fourth-order valence-corrected chi connectivity index (χ4v) is 3.60. The molecule has 0 atom stereocenters. The summed E-state index contributed by atoms with van der Waals surface area (Å²) in [7, 11) is 0. The second-order valence-corrected chi connectivity index (χ2v) is 6.99. The Morgan fingerprint density at radius 3 is 2.40 bits per heavy atom. The third kappa shape index (κ3) is 2.37. The third-order valence-corrected chi connectivity index (χ3v) is 4.92. The molecule has 0 spiro atoms. The van der Waals surface area contributed by atoms with Gasteiger partial charge in [0.25, 0.3) is 0 Å². The summed E-state index contributed by atoms with van der Waals surface area (Å²) in [6.45, 7) is 4.24. The van der Waals surface area contributed by atoms with Crippen molar-refractivity contribution in [3.63, 3.8) is 0 Å². The Labute approximate surface area is 136 Å². The lowest BCUT2D eigenvalue weighted by Gasteiger charge is -2.00. The molecule has 3 heteroatoms. The number of hydrogen-bond acceptors (Lipinski definition) is 2. The van der Waals surface area contributed by atoms with Crippen molar-refractivity contribution in [2.75, 3.05) is 6.26 Å². The van der Waals surface area contributed by atoms with Crippen LogP contribution in [0.4, 0.5) is 0 Å². The summed E-state index contributed by atoms with van der Waals surface area (Å²) in [5.74, 6) is 0.984. The summed E-state index contributed by atoms with van der Waals surface area (Å²) >= 11 is 4.07. The maximum Gasteiger partial charge on any atom is 0.148 e. The lowest BCUT2D eigenvalue weighted by Crippen LogP contribution is -1.79. The molecule has 1 aromatic heterocycles. The fraction of sp³-hybridized carbons (Fsp3) is 0.176. The zero-order valence-electron chi connectivity index (χ0n) is 11.7. The zero-order valence-corrected chi connectivity index (χ0v) is 14.6. The minimum Gasteiger partial charge on any atom is -0.455 e. The van der Waals surface area contributed by atoms with E-state index in [-0.39, 0.29) is 0 Å². The molecule has 0 radical (unpaired) electrons. The van der Waals surface area contributed by atoms with Crippen LogP contribution in [0.5, 0.6) is 0 Å². The number of aryl methyl sites for hydroxylation is 2. The number of halogens is 1. The summed E-state index contributed by atoms with van der Waals surface area (Å²) in [5, 5.41) is 1.23. The van der Waals surface area contributed by atoms with E-state index < -0.39 is 0 Å². The van der Waals surface area contributed by atoms with Crippen molar-refractivity contribution >= 4 is 45.3 Å². The molecular formula is C17H15IOS. The number of rotatable bonds is 2. The predicted molar refractivity (Wildman–Crippen MR) is 95.6 cm³/mol. The Kier molecular flexibility index (Phi) is 3.82. The van der Waals surface area contributed by atoms with Gasteiger partial charge in [0.15, 0.2) is 0 Å². The second-order valence-electron chi connectivity index (χ2n) is 4.93. The van der Waals surface area contributed by atoms with Gasteiger partial charge in [-0.05, 0) is 72.0 Å². The predicted octanol–water partition coefficient (Wildman–Crippen LogP) is 6.04. The molecule has 0 aliphatic carbocycles. The largest absolute Gasteiger partial charge is 0.455 e. The van der Waals surface area contributed by atoms with Gasteiger partial charge in [-0.2, -0.15) is 0 Å². The number of thioether (sulfide) groups is 1. The normalized spacial score (nSPS) is 11.2.